The predicted octanol–water partition coefficient (Wildman–Crippen LogP) is 2.79. The number of amides is 1. The number of thiophene rings is 1. The highest BCUT2D eigenvalue weighted by Gasteiger charge is 2.16. The summed E-state index contributed by atoms with van der Waals surface area (Å²) in [7, 11) is 0. The van der Waals surface area contributed by atoms with Crippen LogP contribution in [0.1, 0.15) is 12.5 Å². The van der Waals surface area contributed by atoms with Gasteiger partial charge in [0.05, 0.1) is 10.6 Å². The van der Waals surface area contributed by atoms with E-state index in [9.17, 15) is 9.59 Å². The van der Waals surface area contributed by atoms with E-state index in [4.69, 9.17) is 14.2 Å². The first kappa shape index (κ1) is 23.1. The molecule has 0 atom stereocenters. The molecule has 1 aliphatic heterocycles. The maximum atomic E-state index is 12.1. The molecule has 0 bridgehead atoms. The van der Waals surface area contributed by atoms with Crippen LogP contribution in [0.2, 0.25) is 0 Å². The molecular weight excluding hydrogens is 464 g/mol. The maximum Gasteiger partial charge on any atom is 0.316 e. The van der Waals surface area contributed by atoms with Crippen LogP contribution in [-0.4, -0.2) is 58.8 Å². The first-order valence-corrected chi connectivity index (χ1v) is 12.4. The molecule has 11 heteroatoms. The first-order chi connectivity index (χ1) is 16.1. The van der Waals surface area contributed by atoms with Gasteiger partial charge in [0.2, 0.25) is 0 Å². The maximum absolute atomic E-state index is 12.1. The van der Waals surface area contributed by atoms with Gasteiger partial charge in [-0.2, -0.15) is 0 Å². The minimum absolute atomic E-state index is 0.0487. The monoisotopic (exact) mass is 488 g/mol. The van der Waals surface area contributed by atoms with E-state index in [-0.39, 0.29) is 18.3 Å². The number of carbonyl (C=O) groups is 2. The van der Waals surface area contributed by atoms with Crippen molar-refractivity contribution in [2.75, 3.05) is 32.1 Å². The second kappa shape index (κ2) is 11.2. The van der Waals surface area contributed by atoms with Crippen molar-refractivity contribution in [3.05, 3.63) is 41.3 Å². The number of benzene rings is 1. The van der Waals surface area contributed by atoms with Crippen molar-refractivity contribution in [2.45, 2.75) is 25.0 Å². The first-order valence-electron chi connectivity index (χ1n) is 10.5. The Morgan fingerprint density at radius 3 is 2.85 bits per heavy atom. The third kappa shape index (κ3) is 6.05. The molecule has 174 valence electrons. The van der Waals surface area contributed by atoms with E-state index in [1.54, 1.807) is 11.3 Å². The number of hydrogen-bond donors (Lipinski definition) is 1. The van der Waals surface area contributed by atoms with Crippen LogP contribution in [-0.2, 0) is 27.3 Å². The van der Waals surface area contributed by atoms with Gasteiger partial charge < -0.3 is 24.1 Å². The Morgan fingerprint density at radius 1 is 1.21 bits per heavy atom. The summed E-state index contributed by atoms with van der Waals surface area (Å²) in [6, 6.07) is 9.66. The third-order valence-corrected chi connectivity index (χ3v) is 6.61. The summed E-state index contributed by atoms with van der Waals surface area (Å²) < 4.78 is 18.1. The molecule has 2 aromatic heterocycles. The normalized spacial score (nSPS) is 12.4. The molecule has 0 fully saturated rings. The number of hydrogen-bond acceptors (Lipinski definition) is 9. The van der Waals surface area contributed by atoms with E-state index < -0.39 is 5.97 Å². The fourth-order valence-electron chi connectivity index (χ4n) is 3.22. The Kier molecular flexibility index (Phi) is 7.84. The summed E-state index contributed by atoms with van der Waals surface area (Å²) >= 11 is 2.83. The Morgan fingerprint density at radius 2 is 2.06 bits per heavy atom. The number of aromatic nitrogens is 3. The lowest BCUT2D eigenvalue weighted by Gasteiger charge is -2.18. The van der Waals surface area contributed by atoms with Gasteiger partial charge in [-0.25, -0.2) is 0 Å². The summed E-state index contributed by atoms with van der Waals surface area (Å²) in [5.41, 5.74) is 1.02. The zero-order valence-corrected chi connectivity index (χ0v) is 19.7. The lowest BCUT2D eigenvalue weighted by molar-refractivity contribution is -0.145. The van der Waals surface area contributed by atoms with Gasteiger partial charge >= 0.3 is 5.97 Å². The minimum atomic E-state index is -0.481. The van der Waals surface area contributed by atoms with Crippen LogP contribution in [0.15, 0.2) is 40.9 Å². The quantitative estimate of drug-likeness (QED) is 0.343. The predicted molar refractivity (Wildman–Crippen MR) is 125 cm³/mol. The van der Waals surface area contributed by atoms with Gasteiger partial charge in [-0.3, -0.25) is 9.59 Å². The summed E-state index contributed by atoms with van der Waals surface area (Å²) in [5.74, 6) is 1.46. The summed E-state index contributed by atoms with van der Waals surface area (Å²) in [6.45, 7) is 3.87. The fraction of sp³-hybridized carbons (Fsp3) is 0.364. The number of nitrogens with zero attached hydrogens (tertiary/aromatic N) is 3. The summed E-state index contributed by atoms with van der Waals surface area (Å²) in [4.78, 5) is 25.1. The van der Waals surface area contributed by atoms with Gasteiger partial charge in [-0.05, 0) is 42.5 Å². The molecule has 0 saturated carbocycles. The molecule has 9 nitrogen and oxygen atoms in total. The molecule has 1 amide bonds. The Bertz CT molecular complexity index is 1100. The number of thioether (sulfide) groups is 1. The molecule has 1 aromatic carbocycles. The van der Waals surface area contributed by atoms with E-state index in [1.165, 1.54) is 11.8 Å². The number of carbonyl (C=O) groups excluding carboxylic acids is 2. The van der Waals surface area contributed by atoms with Crippen molar-refractivity contribution in [1.29, 1.82) is 0 Å². The highest BCUT2D eigenvalue weighted by molar-refractivity contribution is 7.99. The Hall–Kier alpha value is -3.05. The zero-order valence-electron chi connectivity index (χ0n) is 18.1. The van der Waals surface area contributed by atoms with Crippen LogP contribution in [0.25, 0.3) is 10.7 Å². The zero-order chi connectivity index (χ0) is 23.0. The van der Waals surface area contributed by atoms with E-state index in [2.05, 4.69) is 15.5 Å². The van der Waals surface area contributed by atoms with Crippen LogP contribution in [0, 0.1) is 0 Å². The number of nitrogens with one attached hydrogen (secondary N) is 1. The highest BCUT2D eigenvalue weighted by atomic mass is 32.2. The fourth-order valence-corrected chi connectivity index (χ4v) is 4.74. The standard InChI is InChI=1S/C22H24N4O5S2/c1-2-26-21(18-4-3-11-32-18)24-25-22(26)33-14-20(28)31-13-19(27)23-8-7-15-5-6-16-17(12-15)30-10-9-29-16/h3-6,11-12H,2,7-10,13-14H2,1H3,(H,23,27). The molecular formula is C22H24N4O5S2. The van der Waals surface area contributed by atoms with Crippen LogP contribution >= 0.6 is 23.1 Å². The molecule has 0 saturated heterocycles. The highest BCUT2D eigenvalue weighted by Crippen LogP contribution is 2.31. The van der Waals surface area contributed by atoms with Crippen molar-refractivity contribution in [2.24, 2.45) is 0 Å². The molecule has 0 unspecified atom stereocenters. The number of fused-ring (bicyclic) bond motifs is 1. The van der Waals surface area contributed by atoms with Gasteiger partial charge in [0, 0.05) is 13.1 Å². The van der Waals surface area contributed by atoms with E-state index in [0.717, 1.165) is 27.8 Å². The topological polar surface area (TPSA) is 105 Å². The van der Waals surface area contributed by atoms with E-state index in [0.29, 0.717) is 37.9 Å². The smallest absolute Gasteiger partial charge is 0.316 e. The molecule has 0 spiro atoms. The van der Waals surface area contributed by atoms with Crippen LogP contribution < -0.4 is 14.8 Å². The van der Waals surface area contributed by atoms with Crippen molar-refractivity contribution in [1.82, 2.24) is 20.1 Å². The lowest BCUT2D eigenvalue weighted by atomic mass is 10.1. The number of rotatable bonds is 10. The van der Waals surface area contributed by atoms with Crippen LogP contribution in [0.5, 0.6) is 11.5 Å². The van der Waals surface area contributed by atoms with Gasteiger partial charge in [-0.15, -0.1) is 21.5 Å². The van der Waals surface area contributed by atoms with Crippen LogP contribution in [0.4, 0.5) is 0 Å². The molecule has 33 heavy (non-hydrogen) atoms. The van der Waals surface area contributed by atoms with Crippen LogP contribution in [0.3, 0.4) is 0 Å². The van der Waals surface area contributed by atoms with Gasteiger partial charge in [0.25, 0.3) is 5.91 Å². The third-order valence-electron chi connectivity index (χ3n) is 4.80. The Labute approximate surface area is 199 Å². The molecule has 0 radical (unpaired) electrons. The SMILES string of the molecule is CCn1c(SCC(=O)OCC(=O)NCCc2ccc3c(c2)OCCO3)nnc1-c1cccs1. The van der Waals surface area contributed by atoms with Gasteiger partial charge in [0.1, 0.15) is 13.2 Å². The number of ether oxygens (including phenoxy) is 3. The second-order valence-electron chi connectivity index (χ2n) is 7.06. The lowest BCUT2D eigenvalue weighted by Crippen LogP contribution is -2.30. The van der Waals surface area contributed by atoms with Crippen molar-refractivity contribution < 1.29 is 23.8 Å². The van der Waals surface area contributed by atoms with Crippen molar-refractivity contribution in [3.63, 3.8) is 0 Å². The van der Waals surface area contributed by atoms with E-state index >= 15 is 0 Å². The van der Waals surface area contributed by atoms with Gasteiger partial charge in [-0.1, -0.05) is 23.9 Å². The number of esters is 1. The largest absolute Gasteiger partial charge is 0.486 e. The summed E-state index contributed by atoms with van der Waals surface area (Å²) in [5, 5.41) is 13.8. The molecule has 3 aromatic rings. The minimum Gasteiger partial charge on any atom is -0.486 e. The average molecular weight is 489 g/mol. The molecule has 0 aliphatic carbocycles. The Balaban J connectivity index is 1.17. The molecule has 1 aliphatic rings. The summed E-state index contributed by atoms with van der Waals surface area (Å²) in [6.07, 6.45) is 0.630. The molecule has 1 N–H and O–H groups in total. The second-order valence-corrected chi connectivity index (χ2v) is 8.95. The van der Waals surface area contributed by atoms with Crippen molar-refractivity contribution in [3.8, 4) is 22.2 Å². The van der Waals surface area contributed by atoms with E-state index in [1.807, 2.05) is 47.2 Å². The van der Waals surface area contributed by atoms with Crippen molar-refractivity contribution >= 4 is 35.0 Å². The van der Waals surface area contributed by atoms with Gasteiger partial charge in [0.15, 0.2) is 29.1 Å². The molecule has 3 heterocycles. The average Bonchev–Trinajstić information content (AvgIpc) is 3.51. The molecule has 4 rings (SSSR count).